The number of pyridine rings is 1. The Morgan fingerprint density at radius 1 is 0.962 bits per heavy atom. The molecule has 2 rings (SSSR count). The molecular weight excluding hydrogens is 332 g/mol. The van der Waals surface area contributed by atoms with Crippen LogP contribution in [0.15, 0.2) is 42.6 Å². The van der Waals surface area contributed by atoms with Crippen LogP contribution >= 0.6 is 0 Å². The van der Waals surface area contributed by atoms with Crippen molar-refractivity contribution in [3.8, 4) is 0 Å². The van der Waals surface area contributed by atoms with Crippen LogP contribution in [0.2, 0.25) is 0 Å². The molecule has 0 atom stereocenters. The zero-order chi connectivity index (χ0) is 19.1. The zero-order valence-corrected chi connectivity index (χ0v) is 15.1. The van der Waals surface area contributed by atoms with E-state index in [2.05, 4.69) is 15.6 Å². The average Bonchev–Trinajstić information content (AvgIpc) is 2.64. The third kappa shape index (κ3) is 4.89. The first-order valence-corrected chi connectivity index (χ1v) is 8.39. The lowest BCUT2D eigenvalue weighted by Crippen LogP contribution is -2.30. The van der Waals surface area contributed by atoms with Crippen LogP contribution in [0.1, 0.15) is 41.6 Å². The lowest BCUT2D eigenvalue weighted by molar-refractivity contribution is -0.114. The van der Waals surface area contributed by atoms with E-state index in [0.29, 0.717) is 30.0 Å². The molecular formula is C19H22N4O3. The Kier molecular flexibility index (Phi) is 6.43. The number of nitrogens with zero attached hydrogens (tertiary/aromatic N) is 2. The predicted molar refractivity (Wildman–Crippen MR) is 100 cm³/mol. The predicted octanol–water partition coefficient (Wildman–Crippen LogP) is 2.77. The number of carbonyl (C=O) groups excluding carboxylic acids is 3. The molecule has 7 nitrogen and oxygen atoms in total. The van der Waals surface area contributed by atoms with Gasteiger partial charge < -0.3 is 15.5 Å². The van der Waals surface area contributed by atoms with Gasteiger partial charge in [0.25, 0.3) is 11.8 Å². The normalized spacial score (nSPS) is 10.1. The minimum absolute atomic E-state index is 0.133. The van der Waals surface area contributed by atoms with Gasteiger partial charge in [0, 0.05) is 43.1 Å². The van der Waals surface area contributed by atoms with Crippen molar-refractivity contribution in [3.05, 3.63) is 53.9 Å². The molecule has 136 valence electrons. The molecule has 2 N–H and O–H groups in total. The molecule has 0 bridgehead atoms. The van der Waals surface area contributed by atoms with Gasteiger partial charge >= 0.3 is 0 Å². The molecule has 1 aromatic heterocycles. The minimum Gasteiger partial charge on any atom is -0.339 e. The number of amides is 3. The van der Waals surface area contributed by atoms with E-state index in [1.807, 2.05) is 13.8 Å². The first-order chi connectivity index (χ1) is 12.4. The molecule has 3 amide bonds. The molecule has 1 heterocycles. The third-order valence-electron chi connectivity index (χ3n) is 3.75. The van der Waals surface area contributed by atoms with E-state index in [1.165, 1.54) is 19.2 Å². The van der Waals surface area contributed by atoms with Crippen LogP contribution in [0.3, 0.4) is 0 Å². The summed E-state index contributed by atoms with van der Waals surface area (Å²) in [5, 5.41) is 5.38. The van der Waals surface area contributed by atoms with E-state index < -0.39 is 5.91 Å². The quantitative estimate of drug-likeness (QED) is 0.834. The Morgan fingerprint density at radius 3 is 2.08 bits per heavy atom. The van der Waals surface area contributed by atoms with Crippen molar-refractivity contribution >= 4 is 29.1 Å². The van der Waals surface area contributed by atoms with Crippen molar-refractivity contribution in [3.63, 3.8) is 0 Å². The van der Waals surface area contributed by atoms with Gasteiger partial charge in [-0.2, -0.15) is 0 Å². The van der Waals surface area contributed by atoms with E-state index in [0.717, 1.165) is 0 Å². The molecule has 2 aromatic rings. The maximum atomic E-state index is 12.4. The Bertz CT molecular complexity index is 799. The number of hydrogen-bond donors (Lipinski definition) is 2. The Hall–Kier alpha value is -3.22. The summed E-state index contributed by atoms with van der Waals surface area (Å²) in [6.45, 7) is 6.43. The highest BCUT2D eigenvalue weighted by Crippen LogP contribution is 2.15. The molecule has 0 aliphatic carbocycles. The highest BCUT2D eigenvalue weighted by Gasteiger charge is 2.15. The van der Waals surface area contributed by atoms with Crippen molar-refractivity contribution in [1.29, 1.82) is 0 Å². The molecule has 0 saturated heterocycles. The Labute approximate surface area is 152 Å². The SMILES string of the molecule is CCN(CC)C(=O)c1ccnc(C(=O)Nc2ccc(NC(C)=O)cc2)c1. The van der Waals surface area contributed by atoms with Crippen molar-refractivity contribution in [2.75, 3.05) is 23.7 Å². The van der Waals surface area contributed by atoms with E-state index in [9.17, 15) is 14.4 Å². The molecule has 1 aromatic carbocycles. The molecule has 0 saturated carbocycles. The first-order valence-electron chi connectivity index (χ1n) is 8.39. The van der Waals surface area contributed by atoms with Gasteiger partial charge in [0.15, 0.2) is 0 Å². The van der Waals surface area contributed by atoms with Crippen LogP contribution in [0.25, 0.3) is 0 Å². The Morgan fingerprint density at radius 2 is 1.54 bits per heavy atom. The summed E-state index contributed by atoms with van der Waals surface area (Å²) in [7, 11) is 0. The molecule has 26 heavy (non-hydrogen) atoms. The van der Waals surface area contributed by atoms with Crippen molar-refractivity contribution in [2.24, 2.45) is 0 Å². The number of aromatic nitrogens is 1. The molecule has 0 spiro atoms. The van der Waals surface area contributed by atoms with Gasteiger partial charge in [-0.1, -0.05) is 0 Å². The molecule has 7 heteroatoms. The van der Waals surface area contributed by atoms with Crippen LogP contribution in [-0.2, 0) is 4.79 Å². The van der Waals surface area contributed by atoms with Crippen LogP contribution in [-0.4, -0.2) is 40.7 Å². The van der Waals surface area contributed by atoms with Crippen molar-refractivity contribution < 1.29 is 14.4 Å². The van der Waals surface area contributed by atoms with Crippen LogP contribution in [0, 0.1) is 0 Å². The second-order valence-electron chi connectivity index (χ2n) is 5.62. The Balaban J connectivity index is 2.11. The lowest BCUT2D eigenvalue weighted by atomic mass is 10.2. The van der Waals surface area contributed by atoms with Gasteiger partial charge in [0.05, 0.1) is 0 Å². The van der Waals surface area contributed by atoms with E-state index in [1.54, 1.807) is 35.2 Å². The number of hydrogen-bond acceptors (Lipinski definition) is 4. The topological polar surface area (TPSA) is 91.4 Å². The third-order valence-corrected chi connectivity index (χ3v) is 3.75. The molecule has 0 aliphatic rings. The fourth-order valence-electron chi connectivity index (χ4n) is 2.42. The number of benzene rings is 1. The fraction of sp³-hybridized carbons (Fsp3) is 0.263. The van der Waals surface area contributed by atoms with Gasteiger partial charge in [-0.05, 0) is 50.2 Å². The maximum absolute atomic E-state index is 12.4. The van der Waals surface area contributed by atoms with Crippen LogP contribution < -0.4 is 10.6 Å². The van der Waals surface area contributed by atoms with E-state index >= 15 is 0 Å². The molecule has 0 unspecified atom stereocenters. The van der Waals surface area contributed by atoms with Gasteiger partial charge in [-0.3, -0.25) is 19.4 Å². The average molecular weight is 354 g/mol. The summed E-state index contributed by atoms with van der Waals surface area (Å²) in [4.78, 5) is 41.5. The van der Waals surface area contributed by atoms with Crippen LogP contribution in [0.5, 0.6) is 0 Å². The van der Waals surface area contributed by atoms with E-state index in [-0.39, 0.29) is 17.5 Å². The smallest absolute Gasteiger partial charge is 0.274 e. The van der Waals surface area contributed by atoms with Gasteiger partial charge in [-0.25, -0.2) is 0 Å². The summed E-state index contributed by atoms with van der Waals surface area (Å²) >= 11 is 0. The number of carbonyl (C=O) groups is 3. The van der Waals surface area contributed by atoms with Gasteiger partial charge in [-0.15, -0.1) is 0 Å². The van der Waals surface area contributed by atoms with Crippen molar-refractivity contribution in [1.82, 2.24) is 9.88 Å². The molecule has 0 fully saturated rings. The number of rotatable bonds is 6. The second-order valence-corrected chi connectivity index (χ2v) is 5.62. The lowest BCUT2D eigenvalue weighted by Gasteiger charge is -2.18. The molecule has 0 radical (unpaired) electrons. The standard InChI is InChI=1S/C19H22N4O3/c1-4-23(5-2)19(26)14-10-11-20-17(12-14)18(25)22-16-8-6-15(7-9-16)21-13(3)24/h6-12H,4-5H2,1-3H3,(H,21,24)(H,22,25). The summed E-state index contributed by atoms with van der Waals surface area (Å²) in [5.41, 5.74) is 1.79. The second kappa shape index (κ2) is 8.75. The molecule has 0 aliphatic heterocycles. The minimum atomic E-state index is -0.411. The summed E-state index contributed by atoms with van der Waals surface area (Å²) in [6.07, 6.45) is 1.45. The van der Waals surface area contributed by atoms with Crippen molar-refractivity contribution in [2.45, 2.75) is 20.8 Å². The van der Waals surface area contributed by atoms with Gasteiger partial charge in [0.2, 0.25) is 5.91 Å². The zero-order valence-electron chi connectivity index (χ0n) is 15.1. The highest BCUT2D eigenvalue weighted by atomic mass is 16.2. The maximum Gasteiger partial charge on any atom is 0.274 e. The number of nitrogens with one attached hydrogen (secondary N) is 2. The monoisotopic (exact) mass is 354 g/mol. The number of anilines is 2. The first kappa shape index (κ1) is 19.1. The largest absolute Gasteiger partial charge is 0.339 e. The summed E-state index contributed by atoms with van der Waals surface area (Å²) in [6, 6.07) is 9.80. The van der Waals surface area contributed by atoms with Crippen LogP contribution in [0.4, 0.5) is 11.4 Å². The van der Waals surface area contributed by atoms with Gasteiger partial charge in [0.1, 0.15) is 5.69 Å². The van der Waals surface area contributed by atoms with E-state index in [4.69, 9.17) is 0 Å². The fourth-order valence-corrected chi connectivity index (χ4v) is 2.42. The highest BCUT2D eigenvalue weighted by molar-refractivity contribution is 6.05. The summed E-state index contributed by atoms with van der Waals surface area (Å²) in [5.74, 6) is -0.710. The summed E-state index contributed by atoms with van der Waals surface area (Å²) < 4.78 is 0.